The van der Waals surface area contributed by atoms with E-state index < -0.39 is 6.10 Å². The van der Waals surface area contributed by atoms with Gasteiger partial charge in [-0.2, -0.15) is 0 Å². The largest absolute Gasteiger partial charge is 0.490 e. The Bertz CT molecular complexity index is 564. The van der Waals surface area contributed by atoms with Crippen LogP contribution in [-0.2, 0) is 0 Å². The molecule has 0 unspecified atom stereocenters. The van der Waals surface area contributed by atoms with Crippen LogP contribution in [0.3, 0.4) is 0 Å². The smallest absolute Gasteiger partial charge is 0.137 e. The molecular weight excluding hydrogens is 282 g/mol. The van der Waals surface area contributed by atoms with Crippen molar-refractivity contribution in [3.05, 3.63) is 42.5 Å². The highest BCUT2D eigenvalue weighted by molar-refractivity contribution is 5.88. The van der Waals surface area contributed by atoms with Crippen LogP contribution in [-0.4, -0.2) is 60.9 Å². The van der Waals surface area contributed by atoms with Crippen LogP contribution in [0.1, 0.15) is 0 Å². The topological polar surface area (TPSA) is 74.4 Å². The summed E-state index contributed by atoms with van der Waals surface area (Å²) in [6.07, 6.45) is -0.646. The van der Waals surface area contributed by atoms with Crippen LogP contribution in [0.25, 0.3) is 10.8 Å². The third-order valence-electron chi connectivity index (χ3n) is 3.64. The lowest BCUT2D eigenvalue weighted by molar-refractivity contribution is -0.903. The van der Waals surface area contributed by atoms with Crippen LogP contribution in [0, 0.1) is 0 Å². The van der Waals surface area contributed by atoms with Crippen LogP contribution in [0.4, 0.5) is 0 Å². The van der Waals surface area contributed by atoms with Crippen LogP contribution in [0.5, 0.6) is 5.75 Å². The van der Waals surface area contributed by atoms with Crippen molar-refractivity contribution < 1.29 is 25.0 Å². The van der Waals surface area contributed by atoms with Gasteiger partial charge in [0.15, 0.2) is 0 Å². The summed E-state index contributed by atoms with van der Waals surface area (Å²) in [5, 5.41) is 30.2. The summed E-state index contributed by atoms with van der Waals surface area (Å²) >= 11 is 0. The Balaban J connectivity index is 1.93. The Labute approximate surface area is 130 Å². The molecule has 0 aliphatic carbocycles. The first-order chi connectivity index (χ1) is 10.7. The molecule has 0 saturated carbocycles. The Morgan fingerprint density at radius 3 is 2.36 bits per heavy atom. The summed E-state index contributed by atoms with van der Waals surface area (Å²) in [7, 11) is 0. The zero-order chi connectivity index (χ0) is 15.8. The van der Waals surface area contributed by atoms with Crippen molar-refractivity contribution >= 4 is 10.8 Å². The van der Waals surface area contributed by atoms with E-state index in [9.17, 15) is 5.11 Å². The van der Waals surface area contributed by atoms with Gasteiger partial charge in [-0.25, -0.2) is 0 Å². The molecule has 1 atom stereocenters. The summed E-state index contributed by atoms with van der Waals surface area (Å²) < 4.78 is 5.75. The zero-order valence-corrected chi connectivity index (χ0v) is 12.6. The van der Waals surface area contributed by atoms with Gasteiger partial charge < -0.3 is 25.0 Å². The lowest BCUT2D eigenvalue weighted by atomic mass is 10.1. The first-order valence-corrected chi connectivity index (χ1v) is 7.58. The molecule has 22 heavy (non-hydrogen) atoms. The van der Waals surface area contributed by atoms with Gasteiger partial charge in [-0.05, 0) is 11.5 Å². The molecule has 0 heterocycles. The van der Waals surface area contributed by atoms with Crippen LogP contribution in [0.15, 0.2) is 42.5 Å². The minimum atomic E-state index is -0.646. The summed E-state index contributed by atoms with van der Waals surface area (Å²) in [6.45, 7) is 1.70. The standard InChI is InChI=1S/C17H23NO4/c19-10-8-18(9-11-20)12-15(21)13-22-17-7-3-5-14-4-1-2-6-16(14)17/h1-7,15,19-21H,8-13H2/p+1/t15-/m1/s1. The van der Waals surface area contributed by atoms with Crippen LogP contribution in [0.2, 0.25) is 0 Å². The van der Waals surface area contributed by atoms with E-state index >= 15 is 0 Å². The normalized spacial score (nSPS) is 12.7. The van der Waals surface area contributed by atoms with E-state index in [2.05, 4.69) is 0 Å². The van der Waals surface area contributed by atoms with Gasteiger partial charge in [-0.15, -0.1) is 0 Å². The van der Waals surface area contributed by atoms with Crippen LogP contribution >= 0.6 is 0 Å². The van der Waals surface area contributed by atoms with E-state index in [4.69, 9.17) is 14.9 Å². The number of benzene rings is 2. The maximum Gasteiger partial charge on any atom is 0.137 e. The molecule has 5 nitrogen and oxygen atoms in total. The van der Waals surface area contributed by atoms with Gasteiger partial charge in [0.2, 0.25) is 0 Å². The quantitative estimate of drug-likeness (QED) is 0.501. The fourth-order valence-corrected chi connectivity index (χ4v) is 2.55. The molecule has 5 heteroatoms. The summed E-state index contributed by atoms with van der Waals surface area (Å²) in [6, 6.07) is 13.8. The molecule has 0 fully saturated rings. The van der Waals surface area contributed by atoms with Gasteiger partial charge in [0.05, 0.1) is 13.2 Å². The molecule has 2 rings (SSSR count). The van der Waals surface area contributed by atoms with Crippen molar-refractivity contribution in [2.45, 2.75) is 6.10 Å². The van der Waals surface area contributed by atoms with Crippen molar-refractivity contribution in [3.63, 3.8) is 0 Å². The Morgan fingerprint density at radius 1 is 0.955 bits per heavy atom. The number of ether oxygens (including phenoxy) is 1. The second-order valence-corrected chi connectivity index (χ2v) is 5.34. The van der Waals surface area contributed by atoms with E-state index in [1.54, 1.807) is 0 Å². The Morgan fingerprint density at radius 2 is 1.64 bits per heavy atom. The maximum absolute atomic E-state index is 10.1. The number of fused-ring (bicyclic) bond motifs is 1. The molecule has 0 aliphatic heterocycles. The summed E-state index contributed by atoms with van der Waals surface area (Å²) in [5.74, 6) is 0.753. The van der Waals surface area contributed by atoms with E-state index in [0.717, 1.165) is 21.4 Å². The number of quaternary nitrogens is 1. The molecule has 0 bridgehead atoms. The zero-order valence-electron chi connectivity index (χ0n) is 12.6. The molecule has 4 N–H and O–H groups in total. The minimum absolute atomic E-state index is 0.0340. The number of hydrogen-bond acceptors (Lipinski definition) is 4. The lowest BCUT2D eigenvalue weighted by Gasteiger charge is -2.21. The van der Waals surface area contributed by atoms with Crippen molar-refractivity contribution in [1.82, 2.24) is 0 Å². The van der Waals surface area contributed by atoms with Crippen LogP contribution < -0.4 is 9.64 Å². The minimum Gasteiger partial charge on any atom is -0.490 e. The molecule has 0 aromatic heterocycles. The third kappa shape index (κ3) is 4.68. The van der Waals surface area contributed by atoms with Gasteiger partial charge in [0, 0.05) is 5.39 Å². The summed E-state index contributed by atoms with van der Waals surface area (Å²) in [5.41, 5.74) is 0. The third-order valence-corrected chi connectivity index (χ3v) is 3.64. The fourth-order valence-electron chi connectivity index (χ4n) is 2.55. The molecule has 0 radical (unpaired) electrons. The van der Waals surface area contributed by atoms with Gasteiger partial charge in [0.25, 0.3) is 0 Å². The molecule has 0 saturated heterocycles. The Kier molecular flexibility index (Phi) is 6.61. The number of hydrogen-bond donors (Lipinski definition) is 4. The average Bonchev–Trinajstić information content (AvgIpc) is 2.53. The molecular formula is C17H24NO4+. The molecule has 2 aromatic rings. The molecule has 120 valence electrons. The highest BCUT2D eigenvalue weighted by atomic mass is 16.5. The fraction of sp³-hybridized carbons (Fsp3) is 0.412. The van der Waals surface area contributed by atoms with E-state index in [0.29, 0.717) is 19.6 Å². The highest BCUT2D eigenvalue weighted by Gasteiger charge is 2.15. The maximum atomic E-state index is 10.1. The van der Waals surface area contributed by atoms with Crippen molar-refractivity contribution in [3.8, 4) is 5.75 Å². The molecule has 0 aliphatic rings. The van der Waals surface area contributed by atoms with Gasteiger partial charge in [-0.3, -0.25) is 0 Å². The van der Waals surface area contributed by atoms with E-state index in [1.165, 1.54) is 0 Å². The van der Waals surface area contributed by atoms with E-state index in [-0.39, 0.29) is 19.8 Å². The van der Waals surface area contributed by atoms with Crippen molar-refractivity contribution in [2.24, 2.45) is 0 Å². The van der Waals surface area contributed by atoms with Gasteiger partial charge in [-0.1, -0.05) is 36.4 Å². The molecule has 0 spiro atoms. The monoisotopic (exact) mass is 306 g/mol. The number of rotatable bonds is 9. The average molecular weight is 306 g/mol. The first-order valence-electron chi connectivity index (χ1n) is 7.58. The SMILES string of the molecule is OCC[NH+](CCO)C[C@@H](O)COc1cccc2ccccc12. The predicted octanol–water partition coefficient (Wildman–Crippen LogP) is -0.551. The number of nitrogens with one attached hydrogen (secondary N) is 1. The van der Waals surface area contributed by atoms with Crippen molar-refractivity contribution in [2.75, 3.05) is 39.5 Å². The van der Waals surface area contributed by atoms with Gasteiger partial charge in [0.1, 0.15) is 38.1 Å². The van der Waals surface area contributed by atoms with E-state index in [1.807, 2.05) is 42.5 Å². The van der Waals surface area contributed by atoms with Gasteiger partial charge >= 0.3 is 0 Å². The molecule has 0 amide bonds. The second kappa shape index (κ2) is 8.70. The molecule has 2 aromatic carbocycles. The van der Waals surface area contributed by atoms with Crippen molar-refractivity contribution in [1.29, 1.82) is 0 Å². The summed E-state index contributed by atoms with van der Waals surface area (Å²) in [4.78, 5) is 0.957. The first kappa shape index (κ1) is 16.7. The highest BCUT2D eigenvalue weighted by Crippen LogP contribution is 2.25. The number of aliphatic hydroxyl groups is 3. The lowest BCUT2D eigenvalue weighted by Crippen LogP contribution is -3.14. The second-order valence-electron chi connectivity index (χ2n) is 5.34. The predicted molar refractivity (Wildman–Crippen MR) is 85.2 cm³/mol. The Hall–Kier alpha value is -1.66. The number of aliphatic hydroxyl groups excluding tert-OH is 3.